The number of hydrogen-bond donors (Lipinski definition) is 2. The number of amides is 2. The third-order valence-corrected chi connectivity index (χ3v) is 21.8. The van der Waals surface area contributed by atoms with Gasteiger partial charge in [0.25, 0.3) is 11.8 Å². The molecule has 0 saturated carbocycles. The molecular weight excluding hydrogens is 1500 g/mol. The highest BCUT2D eigenvalue weighted by molar-refractivity contribution is 8.01. The Labute approximate surface area is 666 Å². The first kappa shape index (κ1) is 75.7. The molecule has 114 heavy (non-hydrogen) atoms. The van der Waals surface area contributed by atoms with Gasteiger partial charge in [0.2, 0.25) is 11.8 Å². The number of esters is 5. The van der Waals surface area contributed by atoms with E-state index in [-0.39, 0.29) is 56.2 Å². The number of benzene rings is 10. The molecule has 10 aromatic carbocycles. The van der Waals surface area contributed by atoms with Crippen molar-refractivity contribution >= 4 is 93.0 Å². The van der Waals surface area contributed by atoms with Crippen molar-refractivity contribution < 1.29 is 62.1 Å². The second kappa shape index (κ2) is 34.7. The second-order valence-corrected chi connectivity index (χ2v) is 29.1. The summed E-state index contributed by atoms with van der Waals surface area (Å²) in [5.74, 6) is -6.24. The van der Waals surface area contributed by atoms with Gasteiger partial charge in [0.1, 0.15) is 38.9 Å². The normalized spacial score (nSPS) is 14.3. The van der Waals surface area contributed by atoms with E-state index in [1.54, 1.807) is 53.9 Å². The quantitative estimate of drug-likeness (QED) is 0.00673. The van der Waals surface area contributed by atoms with E-state index in [1.165, 1.54) is 40.9 Å². The van der Waals surface area contributed by atoms with E-state index >= 15 is 19.2 Å². The van der Waals surface area contributed by atoms with Crippen molar-refractivity contribution in [2.75, 3.05) is 16.8 Å². The summed E-state index contributed by atoms with van der Waals surface area (Å²) >= 11 is 3.53. The van der Waals surface area contributed by atoms with E-state index in [9.17, 15) is 14.4 Å². The van der Waals surface area contributed by atoms with Crippen molar-refractivity contribution in [2.24, 2.45) is 5.16 Å². The number of tetrazole rings is 1. The number of aromatic nitrogens is 6. The van der Waals surface area contributed by atoms with E-state index in [2.05, 4.69) is 36.4 Å². The van der Waals surface area contributed by atoms with Crippen molar-refractivity contribution in [3.63, 3.8) is 0 Å². The Morgan fingerprint density at radius 2 is 1.01 bits per heavy atom. The van der Waals surface area contributed by atoms with Gasteiger partial charge >= 0.3 is 29.8 Å². The van der Waals surface area contributed by atoms with Crippen LogP contribution in [0, 0.1) is 0 Å². The van der Waals surface area contributed by atoms with Crippen LogP contribution in [0.3, 0.4) is 0 Å². The maximum atomic E-state index is 15.9. The molecule has 1 saturated heterocycles. The van der Waals surface area contributed by atoms with Crippen LogP contribution in [0.15, 0.2) is 324 Å². The number of oxime groups is 1. The summed E-state index contributed by atoms with van der Waals surface area (Å²) in [6.45, 7) is 2.31. The fourth-order valence-electron chi connectivity index (χ4n) is 13.5. The molecule has 5 heterocycles. The summed E-state index contributed by atoms with van der Waals surface area (Å²) in [6, 6.07) is 88.2. The molecule has 26 heteroatoms. The highest BCUT2D eigenvalue weighted by Crippen LogP contribution is 2.45. The average Bonchev–Trinajstić information content (AvgIpc) is 0.771. The summed E-state index contributed by atoms with van der Waals surface area (Å²) in [4.78, 5) is 115. The lowest BCUT2D eigenvalue weighted by Gasteiger charge is -2.49. The van der Waals surface area contributed by atoms with Crippen molar-refractivity contribution in [2.45, 2.75) is 60.2 Å². The maximum absolute atomic E-state index is 15.9. The van der Waals surface area contributed by atoms with Gasteiger partial charge in [-0.3, -0.25) is 24.1 Å². The number of carbonyl (C=O) groups is 7. The van der Waals surface area contributed by atoms with Gasteiger partial charge < -0.3 is 39.2 Å². The molecule has 2 N–H and O–H groups in total. The number of fused-ring (bicyclic) bond motifs is 2. The number of ether oxygens (including phenoxy) is 5. The number of β-lactam (4-membered cyclic amide) rings is 1. The van der Waals surface area contributed by atoms with Crippen LogP contribution in [-0.4, -0.2) is 105 Å². The number of rotatable bonds is 28. The molecular formula is C88H68N10O13S3. The molecule has 0 spiro atoms. The first-order chi connectivity index (χ1) is 55.7. The lowest BCUT2D eigenvalue weighted by Crippen LogP contribution is -2.71. The molecule has 13 aromatic rings. The Morgan fingerprint density at radius 1 is 0.553 bits per heavy atom. The number of nitrogens with zero attached hydrogens (tertiary/aromatic N) is 8. The van der Waals surface area contributed by atoms with Gasteiger partial charge in [-0.1, -0.05) is 296 Å². The predicted octanol–water partition coefficient (Wildman–Crippen LogP) is 14.8. The minimum Gasteiger partial charge on any atom is -0.449 e. The van der Waals surface area contributed by atoms with Crippen molar-refractivity contribution in [1.29, 1.82) is 0 Å². The van der Waals surface area contributed by atoms with Crippen LogP contribution in [0.25, 0.3) is 5.65 Å². The minimum absolute atomic E-state index is 0.00239. The molecule has 23 nitrogen and oxygen atoms in total. The smallest absolute Gasteiger partial charge is 0.356 e. The third kappa shape index (κ3) is 16.7. The molecule has 2 aliphatic heterocycles. The summed E-state index contributed by atoms with van der Waals surface area (Å²) in [5, 5.41) is 29.1. The number of hydrogen-bond acceptors (Lipinski definition) is 23. The lowest BCUT2D eigenvalue weighted by molar-refractivity contribution is -0.162. The number of thiazole rings is 1. The molecule has 0 radical (unpaired) electrons. The molecule has 566 valence electrons. The van der Waals surface area contributed by atoms with E-state index in [0.29, 0.717) is 33.0 Å². The summed E-state index contributed by atoms with van der Waals surface area (Å²) in [6.07, 6.45) is -4.73. The van der Waals surface area contributed by atoms with Gasteiger partial charge in [0.15, 0.2) is 40.7 Å². The van der Waals surface area contributed by atoms with Crippen LogP contribution in [-0.2, 0) is 53.4 Å². The van der Waals surface area contributed by atoms with Gasteiger partial charge in [-0.2, -0.15) is 0 Å². The van der Waals surface area contributed by atoms with Gasteiger partial charge in [0, 0.05) is 36.3 Å². The zero-order valence-electron chi connectivity index (χ0n) is 60.9. The highest BCUT2D eigenvalue weighted by Gasteiger charge is 2.55. The standard InChI is InChI=1S/C88H68N10O13S3/c1-55(99)106-70-49-48-63(50-71(70)107-56(2)100)79(86(105)110-78(61-38-20-7-21-39-61)62-40-22-8-23-41-62)111-94-73(69-54-114-87(89-69)91-88(65-42-24-9-25-43-65,66-44-26-10-27-45-66)67-46-28-11-29-47-67)81(101)90-74-82(102)97-75(85(104)109-77(59-34-16-5-17-35-59)60-36-18-6-19-37-60)64(53-113-83(74)97)52-112-72-51-68(80-92-95-96-98(80)93-72)84(103)108-76(57-30-12-3-13-31-57)58-32-14-4-15-33-58/h3-51,54,74,76-79,83H,52-53H2,1-2H3,(H,89,91)(H,90,101)/t74-,79?,83-/m1/s1. The lowest BCUT2D eigenvalue weighted by atomic mass is 9.77. The molecule has 0 bridgehead atoms. The fraction of sp³-hybridized carbons (Fsp3) is 0.125. The molecule has 3 aromatic heterocycles. The second-order valence-electron chi connectivity index (χ2n) is 26.2. The van der Waals surface area contributed by atoms with Gasteiger partial charge in [-0.15, -0.1) is 37.9 Å². The maximum Gasteiger partial charge on any atom is 0.356 e. The van der Waals surface area contributed by atoms with Crippen molar-refractivity contribution in [3.8, 4) is 11.5 Å². The Hall–Kier alpha value is -13.7. The van der Waals surface area contributed by atoms with Crippen LogP contribution in [0.1, 0.15) is 110 Å². The molecule has 2 aliphatic rings. The van der Waals surface area contributed by atoms with Gasteiger partial charge in [-0.05, 0) is 84.3 Å². The molecule has 15 rings (SSSR count). The minimum atomic E-state index is -1.90. The summed E-state index contributed by atoms with van der Waals surface area (Å²) in [5.41, 5.74) is 5.01. The fourth-order valence-corrected chi connectivity index (χ4v) is 16.6. The zero-order valence-corrected chi connectivity index (χ0v) is 63.3. The van der Waals surface area contributed by atoms with Crippen LogP contribution in [0.4, 0.5) is 5.13 Å². The van der Waals surface area contributed by atoms with Crippen LogP contribution in [0.5, 0.6) is 11.5 Å². The predicted molar refractivity (Wildman–Crippen MR) is 427 cm³/mol. The molecule has 3 atom stereocenters. The Morgan fingerprint density at radius 3 is 1.49 bits per heavy atom. The summed E-state index contributed by atoms with van der Waals surface area (Å²) < 4.78 is 31.5. The van der Waals surface area contributed by atoms with E-state index in [0.717, 1.165) is 69.4 Å². The van der Waals surface area contributed by atoms with E-state index in [4.69, 9.17) is 33.5 Å². The average molecular weight is 1570 g/mol. The van der Waals surface area contributed by atoms with Crippen molar-refractivity contribution in [3.05, 3.63) is 381 Å². The van der Waals surface area contributed by atoms with Crippen LogP contribution in [0.2, 0.25) is 0 Å². The number of carbonyl (C=O) groups excluding carboxylic acids is 7. The first-order valence-corrected chi connectivity index (χ1v) is 38.9. The Balaban J connectivity index is 0.804. The van der Waals surface area contributed by atoms with E-state index in [1.807, 2.05) is 224 Å². The monoisotopic (exact) mass is 1570 g/mol. The first-order valence-electron chi connectivity index (χ1n) is 36.0. The topological polar surface area (TPSA) is 283 Å². The highest BCUT2D eigenvalue weighted by atomic mass is 32.2. The van der Waals surface area contributed by atoms with Gasteiger partial charge in [-0.25, -0.2) is 19.4 Å². The van der Waals surface area contributed by atoms with E-state index < -0.39 is 88.7 Å². The largest absolute Gasteiger partial charge is 0.449 e. The van der Waals surface area contributed by atoms with Crippen LogP contribution < -0.4 is 20.1 Å². The van der Waals surface area contributed by atoms with Crippen LogP contribution >= 0.6 is 34.9 Å². The molecule has 2 amide bonds. The zero-order chi connectivity index (χ0) is 78.5. The Kier molecular flexibility index (Phi) is 23.0. The molecule has 1 unspecified atom stereocenters. The Bertz CT molecular complexity index is 5490. The third-order valence-electron chi connectivity index (χ3n) is 18.7. The SMILES string of the molecule is CC(=O)Oc1ccc(C(ON=C(C(=O)N[C@@H]2C(=O)N3C(C(=O)OC(c4ccccc4)c4ccccc4)=C(CSc4cc(C(=O)OC(c5ccccc5)c5ccccc5)c5nnnn5n4)CS[C@H]23)c2csc(NC(c3ccccc3)(c3ccccc3)c3ccccc3)n2)C(=O)OC(c2ccccc2)c2ccccc2)cc1OC(C)=O. The van der Waals surface area contributed by atoms with Crippen molar-refractivity contribution in [1.82, 2.24) is 40.5 Å². The molecule has 0 aliphatic carbocycles. The van der Waals surface area contributed by atoms with Gasteiger partial charge in [0.05, 0.1) is 0 Å². The number of thioether (sulfide) groups is 2. The number of anilines is 1. The number of nitrogens with one attached hydrogen (secondary N) is 2. The molecule has 1 fully saturated rings. The summed E-state index contributed by atoms with van der Waals surface area (Å²) in [7, 11) is 0.